The maximum Gasteiger partial charge on any atom is 0.144 e. The Morgan fingerprint density at radius 2 is 2.27 bits per heavy atom. The summed E-state index contributed by atoms with van der Waals surface area (Å²) in [6, 6.07) is 5.52. The highest BCUT2D eigenvalue weighted by molar-refractivity contribution is 7.19. The second-order valence-corrected chi connectivity index (χ2v) is 4.51. The molecule has 0 saturated carbocycles. The minimum Gasteiger partial charge on any atom is -0.332 e. The zero-order valence-electron chi connectivity index (χ0n) is 7.77. The van der Waals surface area contributed by atoms with Crippen molar-refractivity contribution in [2.75, 3.05) is 5.32 Å². The first-order valence-corrected chi connectivity index (χ1v) is 5.52. The molecular formula is C9H9ClN4S. The van der Waals surface area contributed by atoms with E-state index in [0.717, 1.165) is 15.2 Å². The number of hydrogen-bond donors (Lipinski definition) is 2. The normalized spacial score (nSPS) is 10.3. The zero-order chi connectivity index (χ0) is 10.7. The number of nitrogens with two attached hydrogens (primary N) is 1. The summed E-state index contributed by atoms with van der Waals surface area (Å²) in [5.74, 6) is 1.34. The van der Waals surface area contributed by atoms with Gasteiger partial charge >= 0.3 is 0 Å². The molecule has 0 spiro atoms. The predicted molar refractivity (Wildman–Crippen MR) is 62.5 cm³/mol. The lowest BCUT2D eigenvalue weighted by atomic mass is 10.5. The van der Waals surface area contributed by atoms with Crippen molar-refractivity contribution in [3.63, 3.8) is 0 Å². The Morgan fingerprint density at radius 1 is 1.40 bits per heavy atom. The van der Waals surface area contributed by atoms with Gasteiger partial charge in [-0.3, -0.25) is 0 Å². The molecular weight excluding hydrogens is 232 g/mol. The molecule has 0 saturated heterocycles. The lowest BCUT2D eigenvalue weighted by Gasteiger charge is -2.02. The van der Waals surface area contributed by atoms with Crippen molar-refractivity contribution in [1.29, 1.82) is 0 Å². The molecule has 0 aliphatic rings. The molecule has 0 aliphatic heterocycles. The highest BCUT2D eigenvalue weighted by atomic mass is 35.5. The second-order valence-electron chi connectivity index (χ2n) is 2.79. The van der Waals surface area contributed by atoms with Crippen LogP contribution in [-0.4, -0.2) is 9.97 Å². The van der Waals surface area contributed by atoms with Gasteiger partial charge in [0, 0.05) is 6.20 Å². The first-order valence-electron chi connectivity index (χ1n) is 4.32. The summed E-state index contributed by atoms with van der Waals surface area (Å²) in [6.07, 6.45) is 1.67. The molecule has 2 aromatic rings. The van der Waals surface area contributed by atoms with E-state index in [2.05, 4.69) is 15.3 Å². The molecule has 2 aromatic heterocycles. The van der Waals surface area contributed by atoms with Crippen LogP contribution in [0.4, 0.5) is 10.8 Å². The molecule has 0 bridgehead atoms. The van der Waals surface area contributed by atoms with Gasteiger partial charge < -0.3 is 11.1 Å². The minimum atomic E-state index is 0.334. The smallest absolute Gasteiger partial charge is 0.144 e. The van der Waals surface area contributed by atoms with Crippen LogP contribution in [-0.2, 0) is 6.54 Å². The highest BCUT2D eigenvalue weighted by Gasteiger charge is 2.00. The van der Waals surface area contributed by atoms with E-state index >= 15 is 0 Å². The molecule has 0 aromatic carbocycles. The monoisotopic (exact) mass is 240 g/mol. The van der Waals surface area contributed by atoms with E-state index in [1.165, 1.54) is 11.3 Å². The average molecular weight is 241 g/mol. The van der Waals surface area contributed by atoms with Gasteiger partial charge in [-0.2, -0.15) is 0 Å². The van der Waals surface area contributed by atoms with E-state index in [0.29, 0.717) is 12.4 Å². The van der Waals surface area contributed by atoms with Crippen LogP contribution in [0.1, 0.15) is 5.82 Å². The zero-order valence-corrected chi connectivity index (χ0v) is 9.35. The molecule has 6 heteroatoms. The van der Waals surface area contributed by atoms with Gasteiger partial charge in [-0.1, -0.05) is 11.6 Å². The Morgan fingerprint density at radius 3 is 2.93 bits per heavy atom. The van der Waals surface area contributed by atoms with Gasteiger partial charge in [0.05, 0.1) is 15.9 Å². The summed E-state index contributed by atoms with van der Waals surface area (Å²) >= 11 is 7.27. The van der Waals surface area contributed by atoms with Crippen molar-refractivity contribution >= 4 is 33.8 Å². The number of nitrogens with zero attached hydrogens (tertiary/aromatic N) is 2. The summed E-state index contributed by atoms with van der Waals surface area (Å²) in [5, 5.41) is 4.07. The quantitative estimate of drug-likeness (QED) is 0.865. The third-order valence-corrected chi connectivity index (χ3v) is 2.86. The van der Waals surface area contributed by atoms with Crippen molar-refractivity contribution in [1.82, 2.24) is 9.97 Å². The average Bonchev–Trinajstić information content (AvgIpc) is 2.64. The van der Waals surface area contributed by atoms with E-state index in [1.807, 2.05) is 12.1 Å². The first kappa shape index (κ1) is 10.4. The fourth-order valence-corrected chi connectivity index (χ4v) is 2.02. The van der Waals surface area contributed by atoms with Crippen molar-refractivity contribution in [2.45, 2.75) is 6.54 Å². The molecule has 4 nitrogen and oxygen atoms in total. The Bertz CT molecular complexity index is 457. The van der Waals surface area contributed by atoms with Crippen LogP contribution in [0.2, 0.25) is 4.34 Å². The van der Waals surface area contributed by atoms with E-state index in [1.54, 1.807) is 12.3 Å². The summed E-state index contributed by atoms with van der Waals surface area (Å²) in [4.78, 5) is 8.22. The number of rotatable bonds is 3. The summed E-state index contributed by atoms with van der Waals surface area (Å²) in [6.45, 7) is 0.334. The van der Waals surface area contributed by atoms with E-state index in [-0.39, 0.29) is 0 Å². The Labute approximate surface area is 96.1 Å². The molecule has 0 amide bonds. The molecule has 0 atom stereocenters. The Balaban J connectivity index is 2.16. The van der Waals surface area contributed by atoms with Crippen LogP contribution in [0, 0.1) is 0 Å². The third kappa shape index (κ3) is 2.65. The van der Waals surface area contributed by atoms with E-state index in [9.17, 15) is 0 Å². The molecule has 0 unspecified atom stereocenters. The van der Waals surface area contributed by atoms with Crippen molar-refractivity contribution < 1.29 is 0 Å². The maximum atomic E-state index is 5.81. The number of aromatic nitrogens is 2. The van der Waals surface area contributed by atoms with Crippen LogP contribution in [0.15, 0.2) is 24.4 Å². The van der Waals surface area contributed by atoms with Crippen LogP contribution in [0.5, 0.6) is 0 Å². The van der Waals surface area contributed by atoms with Gasteiger partial charge in [0.15, 0.2) is 0 Å². The van der Waals surface area contributed by atoms with Gasteiger partial charge in [-0.25, -0.2) is 9.97 Å². The SMILES string of the molecule is NCc1nccc(Nc2ccc(Cl)s2)n1. The van der Waals surface area contributed by atoms with Gasteiger partial charge in [0.2, 0.25) is 0 Å². The van der Waals surface area contributed by atoms with E-state index in [4.69, 9.17) is 17.3 Å². The second kappa shape index (κ2) is 4.57. The van der Waals surface area contributed by atoms with Gasteiger partial charge in [-0.15, -0.1) is 11.3 Å². The summed E-state index contributed by atoms with van der Waals surface area (Å²) in [5.41, 5.74) is 5.44. The van der Waals surface area contributed by atoms with Gasteiger partial charge in [-0.05, 0) is 18.2 Å². The third-order valence-electron chi connectivity index (χ3n) is 1.71. The van der Waals surface area contributed by atoms with Gasteiger partial charge in [0.1, 0.15) is 11.6 Å². The van der Waals surface area contributed by atoms with Crippen molar-refractivity contribution in [3.05, 3.63) is 34.6 Å². The largest absolute Gasteiger partial charge is 0.332 e. The number of hydrogen-bond acceptors (Lipinski definition) is 5. The molecule has 15 heavy (non-hydrogen) atoms. The van der Waals surface area contributed by atoms with Gasteiger partial charge in [0.25, 0.3) is 0 Å². The molecule has 2 heterocycles. The fraction of sp³-hybridized carbons (Fsp3) is 0.111. The lowest BCUT2D eigenvalue weighted by Crippen LogP contribution is -2.04. The van der Waals surface area contributed by atoms with Crippen LogP contribution < -0.4 is 11.1 Å². The minimum absolute atomic E-state index is 0.334. The van der Waals surface area contributed by atoms with Crippen molar-refractivity contribution in [3.8, 4) is 0 Å². The predicted octanol–water partition coefficient (Wildman–Crippen LogP) is 2.39. The number of nitrogens with one attached hydrogen (secondary N) is 1. The number of halogens is 1. The van der Waals surface area contributed by atoms with E-state index < -0.39 is 0 Å². The van der Waals surface area contributed by atoms with Crippen LogP contribution >= 0.6 is 22.9 Å². The maximum absolute atomic E-state index is 5.81. The number of anilines is 2. The molecule has 2 rings (SSSR count). The molecule has 0 fully saturated rings. The molecule has 0 radical (unpaired) electrons. The lowest BCUT2D eigenvalue weighted by molar-refractivity contribution is 0.912. The summed E-state index contributed by atoms with van der Waals surface area (Å²) < 4.78 is 0.741. The molecule has 0 aliphatic carbocycles. The molecule has 3 N–H and O–H groups in total. The Hall–Kier alpha value is -1.17. The van der Waals surface area contributed by atoms with Crippen LogP contribution in [0.25, 0.3) is 0 Å². The standard InChI is InChI=1S/C9H9ClN4S/c10-6-1-2-9(15-6)14-7-3-4-12-8(5-11)13-7/h1-4H,5,11H2,(H,12,13,14). The topological polar surface area (TPSA) is 63.8 Å². The number of thiophene rings is 1. The fourth-order valence-electron chi connectivity index (χ4n) is 1.07. The Kier molecular flexibility index (Phi) is 3.15. The first-order chi connectivity index (χ1) is 7.28. The molecule has 78 valence electrons. The highest BCUT2D eigenvalue weighted by Crippen LogP contribution is 2.27. The summed E-state index contributed by atoms with van der Waals surface area (Å²) in [7, 11) is 0. The van der Waals surface area contributed by atoms with Crippen LogP contribution in [0.3, 0.4) is 0 Å². The van der Waals surface area contributed by atoms with Crippen molar-refractivity contribution in [2.24, 2.45) is 5.73 Å².